The van der Waals surface area contributed by atoms with E-state index in [-0.39, 0.29) is 18.1 Å². The lowest BCUT2D eigenvalue weighted by Gasteiger charge is -2.10. The number of aryl methyl sites for hydroxylation is 1. The Kier molecular flexibility index (Phi) is 7.85. The number of carbonyl (C=O) groups is 2. The number of rotatable bonds is 11. The zero-order valence-corrected chi connectivity index (χ0v) is 17.4. The van der Waals surface area contributed by atoms with Gasteiger partial charge in [0, 0.05) is 48.7 Å². The van der Waals surface area contributed by atoms with Gasteiger partial charge in [0.1, 0.15) is 0 Å². The Morgan fingerprint density at radius 1 is 1.14 bits per heavy atom. The van der Waals surface area contributed by atoms with Crippen LogP contribution in [0.1, 0.15) is 74.4 Å². The average molecular weight is 385 g/mol. The lowest BCUT2D eigenvalue weighted by atomic mass is 9.96. The molecule has 2 rings (SSSR count). The molecule has 0 fully saturated rings. The van der Waals surface area contributed by atoms with Crippen molar-refractivity contribution in [3.63, 3.8) is 0 Å². The third kappa shape index (κ3) is 6.25. The highest BCUT2D eigenvalue weighted by Crippen LogP contribution is 2.25. The highest BCUT2D eigenvalue weighted by atomic mass is 16.4. The van der Waals surface area contributed by atoms with Gasteiger partial charge in [-0.15, -0.1) is 0 Å². The molecule has 2 N–H and O–H groups in total. The second kappa shape index (κ2) is 10.1. The number of nitrogens with one attached hydrogen (secondary N) is 1. The molecule has 28 heavy (non-hydrogen) atoms. The van der Waals surface area contributed by atoms with Crippen molar-refractivity contribution in [3.8, 4) is 0 Å². The monoisotopic (exact) mass is 384 g/mol. The van der Waals surface area contributed by atoms with Crippen molar-refractivity contribution >= 4 is 17.4 Å². The number of ketones is 1. The summed E-state index contributed by atoms with van der Waals surface area (Å²) in [4.78, 5) is 23.9. The first-order valence-electron chi connectivity index (χ1n) is 10.1. The molecule has 0 bridgehead atoms. The number of hydrogen-bond donors (Lipinski definition) is 2. The van der Waals surface area contributed by atoms with Crippen LogP contribution in [0.3, 0.4) is 0 Å². The molecule has 0 aliphatic carbocycles. The summed E-state index contributed by atoms with van der Waals surface area (Å²) in [6.45, 7) is 9.99. The molecular formula is C23H32N2O3. The van der Waals surface area contributed by atoms with Gasteiger partial charge in [-0.1, -0.05) is 39.8 Å². The van der Waals surface area contributed by atoms with Crippen molar-refractivity contribution in [2.24, 2.45) is 5.92 Å². The number of hydrogen-bond acceptors (Lipinski definition) is 3. The summed E-state index contributed by atoms with van der Waals surface area (Å²) in [5, 5.41) is 12.2. The fourth-order valence-electron chi connectivity index (χ4n) is 3.15. The highest BCUT2D eigenvalue weighted by Gasteiger charge is 2.19. The third-order valence-electron chi connectivity index (χ3n) is 4.76. The largest absolute Gasteiger partial charge is 0.481 e. The molecule has 0 spiro atoms. The summed E-state index contributed by atoms with van der Waals surface area (Å²) in [5.74, 6) is 0.0568. The number of anilines is 1. The molecule has 2 aromatic rings. The Morgan fingerprint density at radius 3 is 2.54 bits per heavy atom. The zero-order chi connectivity index (χ0) is 20.7. The van der Waals surface area contributed by atoms with Crippen molar-refractivity contribution in [1.82, 2.24) is 4.57 Å². The molecule has 152 valence electrons. The Bertz CT molecular complexity index is 806. The summed E-state index contributed by atoms with van der Waals surface area (Å²) in [6, 6.07) is 7.65. The summed E-state index contributed by atoms with van der Waals surface area (Å²) >= 11 is 0. The smallest absolute Gasteiger partial charge is 0.303 e. The Balaban J connectivity index is 2.18. The minimum absolute atomic E-state index is 0.00759. The SMILES string of the molecule is CC(C)CCNc1cccc(C(=O)c2cn(CCCC(=O)O)cc2C(C)C)c1. The second-order valence-corrected chi connectivity index (χ2v) is 8.04. The van der Waals surface area contributed by atoms with Crippen LogP contribution in [0, 0.1) is 5.92 Å². The number of aliphatic carboxylic acids is 1. The van der Waals surface area contributed by atoms with Crippen LogP contribution in [0.15, 0.2) is 36.7 Å². The molecule has 0 saturated heterocycles. The Morgan fingerprint density at radius 2 is 1.89 bits per heavy atom. The van der Waals surface area contributed by atoms with E-state index in [0.29, 0.717) is 30.0 Å². The molecule has 5 heteroatoms. The van der Waals surface area contributed by atoms with Gasteiger partial charge in [-0.2, -0.15) is 0 Å². The molecular weight excluding hydrogens is 352 g/mol. The standard InChI is InChI=1S/C23H32N2O3/c1-16(2)10-11-24-19-8-5-7-18(13-19)23(28)21-15-25(12-6-9-22(26)27)14-20(21)17(3)4/h5,7-8,13-17,24H,6,9-12H2,1-4H3,(H,26,27). The molecule has 1 aromatic heterocycles. The first-order valence-corrected chi connectivity index (χ1v) is 10.1. The highest BCUT2D eigenvalue weighted by molar-refractivity contribution is 6.10. The number of aromatic nitrogens is 1. The minimum atomic E-state index is -0.797. The van der Waals surface area contributed by atoms with Crippen LogP contribution in [0.4, 0.5) is 5.69 Å². The van der Waals surface area contributed by atoms with E-state index in [0.717, 1.165) is 24.2 Å². The molecule has 1 heterocycles. The number of nitrogens with zero attached hydrogens (tertiary/aromatic N) is 1. The Labute approximate surface area is 167 Å². The maximum Gasteiger partial charge on any atom is 0.303 e. The van der Waals surface area contributed by atoms with Gasteiger partial charge < -0.3 is 15.0 Å². The van der Waals surface area contributed by atoms with Gasteiger partial charge in [0.25, 0.3) is 0 Å². The van der Waals surface area contributed by atoms with Crippen LogP contribution in [0.25, 0.3) is 0 Å². The van der Waals surface area contributed by atoms with Crippen molar-refractivity contribution in [2.45, 2.75) is 59.4 Å². The van der Waals surface area contributed by atoms with E-state index in [1.54, 1.807) is 0 Å². The third-order valence-corrected chi connectivity index (χ3v) is 4.76. The van der Waals surface area contributed by atoms with E-state index >= 15 is 0 Å². The summed E-state index contributed by atoms with van der Waals surface area (Å²) in [7, 11) is 0. The van der Waals surface area contributed by atoms with Gasteiger partial charge in [-0.25, -0.2) is 0 Å². The first-order chi connectivity index (χ1) is 13.3. The van der Waals surface area contributed by atoms with E-state index in [2.05, 4.69) is 33.0 Å². The van der Waals surface area contributed by atoms with Crippen molar-refractivity contribution < 1.29 is 14.7 Å². The normalized spacial score (nSPS) is 11.2. The molecule has 0 atom stereocenters. The zero-order valence-electron chi connectivity index (χ0n) is 17.4. The predicted octanol–water partition coefficient (Wildman–Crippen LogP) is 5.17. The molecule has 0 unspecified atom stereocenters. The van der Waals surface area contributed by atoms with Gasteiger partial charge >= 0.3 is 5.97 Å². The molecule has 1 aromatic carbocycles. The number of carbonyl (C=O) groups excluding carboxylic acids is 1. The molecule has 0 aliphatic rings. The number of carboxylic acid groups (broad SMARTS) is 1. The van der Waals surface area contributed by atoms with Crippen molar-refractivity contribution in [1.29, 1.82) is 0 Å². The van der Waals surface area contributed by atoms with Gasteiger partial charge in [-0.05, 0) is 42.4 Å². The van der Waals surface area contributed by atoms with E-state index in [9.17, 15) is 9.59 Å². The molecule has 5 nitrogen and oxygen atoms in total. The average Bonchev–Trinajstić information content (AvgIpc) is 3.05. The molecule has 0 amide bonds. The number of carboxylic acids is 1. The summed E-state index contributed by atoms with van der Waals surface area (Å²) in [6.07, 6.45) is 5.59. The molecule has 0 saturated carbocycles. The quantitative estimate of drug-likeness (QED) is 0.525. The lowest BCUT2D eigenvalue weighted by molar-refractivity contribution is -0.137. The Hall–Kier alpha value is -2.56. The predicted molar refractivity (Wildman–Crippen MR) is 113 cm³/mol. The van der Waals surface area contributed by atoms with E-state index in [1.807, 2.05) is 41.2 Å². The molecule has 0 radical (unpaired) electrons. The van der Waals surface area contributed by atoms with Gasteiger partial charge in [0.15, 0.2) is 5.78 Å². The van der Waals surface area contributed by atoms with E-state index in [1.165, 1.54) is 0 Å². The topological polar surface area (TPSA) is 71.3 Å². The summed E-state index contributed by atoms with van der Waals surface area (Å²) < 4.78 is 1.94. The number of benzene rings is 1. The lowest BCUT2D eigenvalue weighted by Crippen LogP contribution is -2.07. The second-order valence-electron chi connectivity index (χ2n) is 8.04. The molecule has 0 aliphatic heterocycles. The first kappa shape index (κ1) is 21.7. The van der Waals surface area contributed by atoms with Crippen molar-refractivity contribution in [3.05, 3.63) is 53.3 Å². The van der Waals surface area contributed by atoms with Gasteiger partial charge in [-0.3, -0.25) is 9.59 Å². The van der Waals surface area contributed by atoms with Crippen LogP contribution < -0.4 is 5.32 Å². The van der Waals surface area contributed by atoms with E-state index in [4.69, 9.17) is 5.11 Å². The van der Waals surface area contributed by atoms with Crippen LogP contribution >= 0.6 is 0 Å². The maximum atomic E-state index is 13.2. The fraction of sp³-hybridized carbons (Fsp3) is 0.478. The van der Waals surface area contributed by atoms with E-state index < -0.39 is 5.97 Å². The summed E-state index contributed by atoms with van der Waals surface area (Å²) in [5.41, 5.74) is 3.32. The van der Waals surface area contributed by atoms with Crippen molar-refractivity contribution in [2.75, 3.05) is 11.9 Å². The van der Waals surface area contributed by atoms with Gasteiger partial charge in [0.05, 0.1) is 0 Å². The minimum Gasteiger partial charge on any atom is -0.481 e. The van der Waals surface area contributed by atoms with Gasteiger partial charge in [0.2, 0.25) is 0 Å². The van der Waals surface area contributed by atoms with Crippen LogP contribution in [0.5, 0.6) is 0 Å². The maximum absolute atomic E-state index is 13.2. The van der Waals surface area contributed by atoms with Crippen LogP contribution in [0.2, 0.25) is 0 Å². The van der Waals surface area contributed by atoms with Crippen LogP contribution in [-0.4, -0.2) is 28.0 Å². The van der Waals surface area contributed by atoms with Crippen LogP contribution in [-0.2, 0) is 11.3 Å². The fourth-order valence-corrected chi connectivity index (χ4v) is 3.15.